The van der Waals surface area contributed by atoms with E-state index in [1.807, 2.05) is 39.8 Å². The average molecular weight is 797 g/mol. The lowest BCUT2D eigenvalue weighted by molar-refractivity contribution is -0.132. The maximum absolute atomic E-state index is 12.9. The van der Waals surface area contributed by atoms with E-state index < -0.39 is 24.1 Å². The van der Waals surface area contributed by atoms with Gasteiger partial charge in [0.25, 0.3) is 0 Å². The van der Waals surface area contributed by atoms with Crippen LogP contribution in [-0.4, -0.2) is 56.1 Å². The molecule has 13 heteroatoms. The Morgan fingerprint density at radius 3 is 1.52 bits per heavy atom. The monoisotopic (exact) mass is 796 g/mol. The maximum Gasteiger partial charge on any atom is 0.308 e. The first-order valence-electron chi connectivity index (χ1n) is 18.4. The molecule has 306 valence electrons. The summed E-state index contributed by atoms with van der Waals surface area (Å²) in [5, 5.41) is 47.2. The molecule has 2 heterocycles. The fourth-order valence-corrected chi connectivity index (χ4v) is 6.27. The van der Waals surface area contributed by atoms with Gasteiger partial charge in [-0.1, -0.05) is 47.6 Å². The molecule has 0 amide bonds. The average Bonchev–Trinajstić information content (AvgIpc) is 3.15. The van der Waals surface area contributed by atoms with Gasteiger partial charge < -0.3 is 44.5 Å². The van der Waals surface area contributed by atoms with Gasteiger partial charge >= 0.3 is 11.9 Å². The van der Waals surface area contributed by atoms with Gasteiger partial charge in [0.05, 0.1) is 12.8 Å². The normalized spacial score (nSPS) is 15.0. The minimum Gasteiger partial charge on any atom is -0.508 e. The number of ether oxygens (including phenoxy) is 4. The number of carbonyl (C=O) groups is 4. The van der Waals surface area contributed by atoms with E-state index in [-0.39, 0.29) is 75.8 Å². The molecule has 0 fully saturated rings. The molecule has 6 rings (SSSR count). The first kappa shape index (κ1) is 44.1. The number of aliphatic hydroxyl groups excluding tert-OH is 1. The fraction of sp³-hybridized carbons (Fsp3) is 0.289. The molecule has 4 aromatic rings. The number of benzene rings is 4. The molecular weight excluding hydrogens is 748 g/mol. The van der Waals surface area contributed by atoms with Crippen molar-refractivity contribution in [1.82, 2.24) is 0 Å². The molecule has 2 unspecified atom stereocenters. The van der Waals surface area contributed by atoms with E-state index in [4.69, 9.17) is 24.1 Å². The van der Waals surface area contributed by atoms with Crippen LogP contribution in [-0.2, 0) is 22.4 Å². The van der Waals surface area contributed by atoms with Crippen molar-refractivity contribution in [3.05, 3.63) is 117 Å². The van der Waals surface area contributed by atoms with Crippen molar-refractivity contribution < 1.29 is 63.7 Å². The topological polar surface area (TPSA) is 206 Å². The molecule has 2 aliphatic heterocycles. The van der Waals surface area contributed by atoms with Gasteiger partial charge in [0, 0.05) is 44.2 Å². The van der Waals surface area contributed by atoms with Crippen LogP contribution in [0.2, 0.25) is 0 Å². The predicted octanol–water partition coefficient (Wildman–Crippen LogP) is 8.09. The zero-order valence-corrected chi connectivity index (χ0v) is 33.4. The van der Waals surface area contributed by atoms with Crippen LogP contribution in [0.5, 0.6) is 46.0 Å². The quantitative estimate of drug-likeness (QED) is 0.0650. The molecule has 0 saturated carbocycles. The summed E-state index contributed by atoms with van der Waals surface area (Å²) in [7, 11) is 1.00. The lowest BCUT2D eigenvalue weighted by Crippen LogP contribution is -2.22. The summed E-state index contributed by atoms with van der Waals surface area (Å²) in [6, 6.07) is 15.6. The number of phenolic OH excluding ortho intramolecular Hbond substituents is 4. The Bertz CT molecular complexity index is 2220. The zero-order chi connectivity index (χ0) is 42.8. The predicted molar refractivity (Wildman–Crippen MR) is 214 cm³/mol. The van der Waals surface area contributed by atoms with E-state index >= 15 is 0 Å². The van der Waals surface area contributed by atoms with Crippen molar-refractivity contribution in [2.75, 3.05) is 7.11 Å². The molecule has 2 atom stereocenters. The van der Waals surface area contributed by atoms with Gasteiger partial charge in [-0.2, -0.15) is 0 Å². The minimum absolute atomic E-state index is 0.0302. The Balaban J connectivity index is 0.000000251. The molecule has 0 saturated heterocycles. The Hall–Kier alpha value is -6.60. The largest absolute Gasteiger partial charge is 0.508 e. The van der Waals surface area contributed by atoms with Crippen LogP contribution in [0.1, 0.15) is 110 Å². The summed E-state index contributed by atoms with van der Waals surface area (Å²) >= 11 is 0. The summed E-state index contributed by atoms with van der Waals surface area (Å²) in [5.74, 6) is -1.06. The van der Waals surface area contributed by atoms with Gasteiger partial charge in [-0.15, -0.1) is 0 Å². The second kappa shape index (κ2) is 19.5. The number of carbonyl (C=O) groups excluding carboxylic acids is 4. The van der Waals surface area contributed by atoms with Gasteiger partial charge in [0.1, 0.15) is 69.3 Å². The minimum atomic E-state index is -0.608. The molecule has 0 spiro atoms. The number of allylic oxidation sites excluding steroid dienone is 4. The molecule has 5 N–H and O–H groups in total. The number of fused-ring (bicyclic) bond motifs is 2. The first-order chi connectivity index (χ1) is 27.5. The van der Waals surface area contributed by atoms with E-state index in [1.54, 1.807) is 36.4 Å². The van der Waals surface area contributed by atoms with Crippen LogP contribution < -0.4 is 18.9 Å². The van der Waals surface area contributed by atoms with Crippen molar-refractivity contribution in [3.8, 4) is 46.0 Å². The highest BCUT2D eigenvalue weighted by atomic mass is 16.5. The highest BCUT2D eigenvalue weighted by Gasteiger charge is 2.35. The second-order valence-corrected chi connectivity index (χ2v) is 14.0. The Kier molecular flexibility index (Phi) is 14.8. The van der Waals surface area contributed by atoms with Gasteiger partial charge in [0.2, 0.25) is 0 Å². The highest BCUT2D eigenvalue weighted by molar-refractivity contribution is 6.04. The molecule has 13 nitrogen and oxygen atoms in total. The van der Waals surface area contributed by atoms with Crippen molar-refractivity contribution in [1.29, 1.82) is 0 Å². The molecule has 58 heavy (non-hydrogen) atoms. The van der Waals surface area contributed by atoms with E-state index in [0.717, 1.165) is 23.8 Å². The second-order valence-electron chi connectivity index (χ2n) is 14.0. The number of Topliss-reactive ketones (excluding diaryl/α,β-unsaturated/α-hetero) is 2. The Morgan fingerprint density at radius 1 is 0.621 bits per heavy atom. The Morgan fingerprint density at radius 2 is 1.05 bits per heavy atom. The van der Waals surface area contributed by atoms with Crippen LogP contribution in [0.25, 0.3) is 0 Å². The van der Waals surface area contributed by atoms with Gasteiger partial charge in [-0.25, -0.2) is 0 Å². The van der Waals surface area contributed by atoms with E-state index in [2.05, 4.69) is 0 Å². The van der Waals surface area contributed by atoms with Crippen LogP contribution in [0.15, 0.2) is 84.0 Å². The van der Waals surface area contributed by atoms with Crippen LogP contribution in [0.4, 0.5) is 0 Å². The number of phenols is 4. The summed E-state index contributed by atoms with van der Waals surface area (Å²) in [5.41, 5.74) is 4.75. The molecule has 0 aliphatic carbocycles. The third-order valence-corrected chi connectivity index (χ3v) is 8.94. The van der Waals surface area contributed by atoms with Crippen molar-refractivity contribution in [2.45, 2.75) is 79.4 Å². The standard InChI is InChI=1S/C24H24O7.C20H20O5.CH4O/c1-13(2)5-10-18-22(30-15(4)26)12-20(28)23-19(27)11-21(31-24(18)23)16-6-8-17(9-7-16)29-14(3)25;1-11(2)3-8-14-15(22)9-16(23)19-17(24)10-18(25-20(14)19)12-4-6-13(21)7-5-12;1-2/h5-9,12,21,28H,10-11H2,1-4H3;3-7,9,18,21-23H,8,10H2,1-2H3;2H,1H3. The number of aliphatic hydroxyl groups is 1. The van der Waals surface area contributed by atoms with Crippen LogP contribution in [0.3, 0.4) is 0 Å². The lowest BCUT2D eigenvalue weighted by Gasteiger charge is -2.28. The SMILES string of the molecule is CC(=O)Oc1ccc(C2CC(=O)c3c(O)cc(OC(C)=O)c(CC=C(C)C)c3O2)cc1.CC(C)=CCc1c(O)cc(O)c2c1OC(c1ccc(O)cc1)CC2=O.CO. The summed E-state index contributed by atoms with van der Waals surface area (Å²) in [4.78, 5) is 48.2. The smallest absolute Gasteiger partial charge is 0.308 e. The zero-order valence-electron chi connectivity index (χ0n) is 33.4. The molecule has 2 aliphatic rings. The fourth-order valence-electron chi connectivity index (χ4n) is 6.27. The lowest BCUT2D eigenvalue weighted by atomic mass is 9.92. The van der Waals surface area contributed by atoms with Crippen LogP contribution >= 0.6 is 0 Å². The van der Waals surface area contributed by atoms with E-state index in [1.165, 1.54) is 38.1 Å². The number of ketones is 2. The summed E-state index contributed by atoms with van der Waals surface area (Å²) in [6.07, 6.45) is 3.57. The van der Waals surface area contributed by atoms with E-state index in [0.29, 0.717) is 35.3 Å². The van der Waals surface area contributed by atoms with Crippen LogP contribution in [0, 0.1) is 0 Å². The number of esters is 2. The summed E-state index contributed by atoms with van der Waals surface area (Å²) < 4.78 is 22.5. The van der Waals surface area contributed by atoms with Gasteiger partial charge in [0.15, 0.2) is 11.6 Å². The Labute approximate surface area is 336 Å². The van der Waals surface area contributed by atoms with Crippen molar-refractivity contribution in [3.63, 3.8) is 0 Å². The number of hydrogen-bond acceptors (Lipinski definition) is 13. The summed E-state index contributed by atoms with van der Waals surface area (Å²) in [6.45, 7) is 10.3. The molecule has 4 aromatic carbocycles. The maximum atomic E-state index is 12.9. The van der Waals surface area contributed by atoms with Gasteiger partial charge in [-0.3, -0.25) is 19.2 Å². The number of aromatic hydroxyl groups is 4. The molecule has 0 aromatic heterocycles. The van der Waals surface area contributed by atoms with Crippen molar-refractivity contribution in [2.24, 2.45) is 0 Å². The molecular formula is C45H48O13. The van der Waals surface area contributed by atoms with Crippen molar-refractivity contribution >= 4 is 23.5 Å². The number of rotatable bonds is 8. The molecule has 0 bridgehead atoms. The highest BCUT2D eigenvalue weighted by Crippen LogP contribution is 2.47. The first-order valence-corrected chi connectivity index (χ1v) is 18.4. The van der Waals surface area contributed by atoms with Gasteiger partial charge in [-0.05, 0) is 75.9 Å². The van der Waals surface area contributed by atoms with E-state index in [9.17, 15) is 39.6 Å². The molecule has 0 radical (unpaired) electrons. The third kappa shape index (κ3) is 10.8. The number of hydrogen-bond donors (Lipinski definition) is 5. The third-order valence-electron chi connectivity index (χ3n) is 8.94.